The van der Waals surface area contributed by atoms with Crippen molar-refractivity contribution in [2.24, 2.45) is 0 Å². The van der Waals surface area contributed by atoms with Crippen molar-refractivity contribution in [3.63, 3.8) is 0 Å². The van der Waals surface area contributed by atoms with Crippen LogP contribution in [0, 0.1) is 0 Å². The van der Waals surface area contributed by atoms with E-state index in [9.17, 15) is 14.7 Å². The highest BCUT2D eigenvalue weighted by atomic mass is 28.3. The van der Waals surface area contributed by atoms with Gasteiger partial charge in [-0.05, 0) is 89.4 Å². The molecule has 3 rings (SSSR count). The van der Waals surface area contributed by atoms with Gasteiger partial charge in [-0.1, -0.05) is 101 Å². The van der Waals surface area contributed by atoms with Gasteiger partial charge in [0.15, 0.2) is 0 Å². The van der Waals surface area contributed by atoms with Gasteiger partial charge in [-0.2, -0.15) is 0 Å². The van der Waals surface area contributed by atoms with Gasteiger partial charge in [-0.25, -0.2) is 9.59 Å². The first-order valence-corrected chi connectivity index (χ1v) is 18.8. The van der Waals surface area contributed by atoms with Gasteiger partial charge in [0.05, 0.1) is 8.07 Å². The lowest BCUT2D eigenvalue weighted by Gasteiger charge is -2.29. The van der Waals surface area contributed by atoms with Crippen molar-refractivity contribution in [1.29, 1.82) is 0 Å². The van der Waals surface area contributed by atoms with Crippen LogP contribution in [-0.2, 0) is 38.7 Å². The maximum atomic E-state index is 12.4. The highest BCUT2D eigenvalue weighted by Crippen LogP contribution is 2.29. The Morgan fingerprint density at radius 2 is 1.18 bits per heavy atom. The van der Waals surface area contributed by atoms with E-state index < -0.39 is 20.0 Å². The Morgan fingerprint density at radius 1 is 0.727 bits per heavy atom. The van der Waals surface area contributed by atoms with Crippen molar-refractivity contribution in [3.05, 3.63) is 102 Å². The molecule has 0 aromatic heterocycles. The normalized spacial score (nSPS) is 11.2. The van der Waals surface area contributed by atoms with Gasteiger partial charge >= 0.3 is 11.9 Å². The third-order valence-electron chi connectivity index (χ3n) is 7.93. The number of carbonyl (C=O) groups excluding carboxylic acids is 2. The van der Waals surface area contributed by atoms with Crippen LogP contribution < -0.4 is 5.19 Å². The minimum Gasteiger partial charge on any atom is -0.457 e. The Bertz CT molecular complexity index is 1400. The molecule has 1 N–H and O–H groups in total. The molecule has 3 aromatic carbocycles. The molecule has 5 nitrogen and oxygen atoms in total. The Kier molecular flexibility index (Phi) is 12.9. The number of carbonyl (C=O) groups is 2. The summed E-state index contributed by atoms with van der Waals surface area (Å²) in [6.07, 6.45) is 5.46. The molecule has 0 unspecified atom stereocenters. The van der Waals surface area contributed by atoms with Crippen molar-refractivity contribution < 1.29 is 24.2 Å². The van der Waals surface area contributed by atoms with Gasteiger partial charge in [0.2, 0.25) is 0 Å². The van der Waals surface area contributed by atoms with E-state index in [0.717, 1.165) is 45.5 Å². The standard InChI is InChI=1S/C38H48O5Si/c1-8-9-10-12-29-13-15-30(16-14-29)31-17-19-32(20-18-31)33-23-34(25-42-37(40)27(2)3)36(44(6,7)22-11-21-39)35(24-33)26-43-38(41)28(4)5/h13-20,23-24,39H,2,4,8-12,21-22,25-26H2,1,3,5-7H3. The minimum absolute atomic E-state index is 0.0779. The highest BCUT2D eigenvalue weighted by Gasteiger charge is 2.30. The van der Waals surface area contributed by atoms with Crippen molar-refractivity contribution >= 4 is 25.2 Å². The summed E-state index contributed by atoms with van der Waals surface area (Å²) < 4.78 is 11.3. The smallest absolute Gasteiger partial charge is 0.333 e. The summed E-state index contributed by atoms with van der Waals surface area (Å²) in [4.78, 5) is 24.8. The molecule has 0 aliphatic heterocycles. The number of unbranched alkanes of at least 4 members (excludes halogenated alkanes) is 2. The summed E-state index contributed by atoms with van der Waals surface area (Å²) in [5.41, 5.74) is 8.06. The van der Waals surface area contributed by atoms with Gasteiger partial charge < -0.3 is 14.6 Å². The predicted octanol–water partition coefficient (Wildman–Crippen LogP) is 8.29. The van der Waals surface area contributed by atoms with E-state index in [4.69, 9.17) is 9.47 Å². The molecule has 0 saturated heterocycles. The molecule has 0 fully saturated rings. The number of hydrogen-bond donors (Lipinski definition) is 1. The molecule has 0 aliphatic rings. The summed E-state index contributed by atoms with van der Waals surface area (Å²) in [6.45, 7) is 17.6. The zero-order chi connectivity index (χ0) is 32.3. The second-order valence-electron chi connectivity index (χ2n) is 12.3. The first-order chi connectivity index (χ1) is 21.0. The SMILES string of the molecule is C=C(C)C(=O)OCc1cc(-c2ccc(-c3ccc(CCCCC)cc3)cc2)cc(COC(=O)C(=C)C)c1[Si](C)(C)CCCO. The molecule has 0 spiro atoms. The van der Waals surface area contributed by atoms with E-state index in [1.807, 2.05) is 0 Å². The third kappa shape index (κ3) is 9.63. The van der Waals surface area contributed by atoms with Crippen molar-refractivity contribution in [2.75, 3.05) is 6.61 Å². The maximum Gasteiger partial charge on any atom is 0.333 e. The van der Waals surface area contributed by atoms with Crippen LogP contribution in [0.4, 0.5) is 0 Å². The molecule has 0 heterocycles. The fourth-order valence-corrected chi connectivity index (χ4v) is 8.83. The summed E-state index contributed by atoms with van der Waals surface area (Å²) in [5, 5.41) is 10.7. The van der Waals surface area contributed by atoms with Crippen LogP contribution in [0.15, 0.2) is 85.0 Å². The lowest BCUT2D eigenvalue weighted by Crippen LogP contribution is -2.46. The number of aliphatic hydroxyl groups is 1. The molecule has 0 saturated carbocycles. The number of esters is 2. The molecule has 0 aliphatic carbocycles. The number of ether oxygens (including phenoxy) is 2. The molecule has 0 amide bonds. The van der Waals surface area contributed by atoms with Gasteiger partial charge in [-0.3, -0.25) is 0 Å². The summed E-state index contributed by atoms with van der Waals surface area (Å²) >= 11 is 0. The van der Waals surface area contributed by atoms with E-state index in [2.05, 4.69) is 93.8 Å². The second kappa shape index (κ2) is 16.4. The fourth-order valence-electron chi connectivity index (χ4n) is 5.51. The number of aryl methyl sites for hydroxylation is 1. The summed E-state index contributed by atoms with van der Waals surface area (Å²) in [6, 6.07) is 22.2. The largest absolute Gasteiger partial charge is 0.457 e. The second-order valence-corrected chi connectivity index (χ2v) is 17.1. The highest BCUT2D eigenvalue weighted by molar-refractivity contribution is 6.90. The lowest BCUT2D eigenvalue weighted by molar-refractivity contribution is -0.140. The molecule has 0 bridgehead atoms. The molecule has 44 heavy (non-hydrogen) atoms. The van der Waals surface area contributed by atoms with Crippen molar-refractivity contribution in [3.8, 4) is 22.3 Å². The van der Waals surface area contributed by atoms with E-state index >= 15 is 0 Å². The van der Waals surface area contributed by atoms with Gasteiger partial charge in [-0.15, -0.1) is 0 Å². The Hall–Kier alpha value is -3.74. The molecule has 0 atom stereocenters. The van der Waals surface area contributed by atoms with Crippen LogP contribution >= 0.6 is 0 Å². The van der Waals surface area contributed by atoms with Crippen molar-refractivity contribution in [2.45, 2.75) is 85.2 Å². The van der Waals surface area contributed by atoms with E-state index in [1.165, 1.54) is 30.4 Å². The van der Waals surface area contributed by atoms with Gasteiger partial charge in [0.25, 0.3) is 0 Å². The van der Waals surface area contributed by atoms with Crippen LogP contribution in [0.3, 0.4) is 0 Å². The monoisotopic (exact) mass is 612 g/mol. The molecular formula is C38H48O5Si. The van der Waals surface area contributed by atoms with Gasteiger partial charge in [0, 0.05) is 17.8 Å². The molecule has 3 aromatic rings. The first-order valence-electron chi connectivity index (χ1n) is 15.6. The van der Waals surface area contributed by atoms with E-state index in [1.54, 1.807) is 13.8 Å². The average Bonchev–Trinajstić information content (AvgIpc) is 3.01. The average molecular weight is 613 g/mol. The predicted molar refractivity (Wildman–Crippen MR) is 183 cm³/mol. The van der Waals surface area contributed by atoms with E-state index in [-0.39, 0.29) is 19.8 Å². The third-order valence-corrected chi connectivity index (χ3v) is 11.5. The van der Waals surface area contributed by atoms with Crippen LogP contribution in [0.25, 0.3) is 22.3 Å². The summed E-state index contributed by atoms with van der Waals surface area (Å²) in [5.74, 6) is -0.903. The lowest BCUT2D eigenvalue weighted by atomic mass is 9.96. The molecule has 234 valence electrons. The quantitative estimate of drug-likeness (QED) is 0.0763. The zero-order valence-corrected chi connectivity index (χ0v) is 28.1. The zero-order valence-electron chi connectivity index (χ0n) is 27.1. The van der Waals surface area contributed by atoms with Crippen LogP contribution in [0.2, 0.25) is 19.1 Å². The maximum absolute atomic E-state index is 12.4. The Balaban J connectivity index is 2.04. The number of rotatable bonds is 16. The molecule has 6 heteroatoms. The number of benzene rings is 3. The van der Waals surface area contributed by atoms with Crippen LogP contribution in [0.1, 0.15) is 63.1 Å². The van der Waals surface area contributed by atoms with Gasteiger partial charge in [0.1, 0.15) is 13.2 Å². The Labute approximate surface area is 264 Å². The van der Waals surface area contributed by atoms with Crippen LogP contribution in [-0.4, -0.2) is 31.7 Å². The van der Waals surface area contributed by atoms with Crippen LogP contribution in [0.5, 0.6) is 0 Å². The number of hydrogen-bond acceptors (Lipinski definition) is 5. The number of aliphatic hydroxyl groups excluding tert-OH is 1. The fraction of sp³-hybridized carbons (Fsp3) is 0.368. The van der Waals surface area contributed by atoms with E-state index in [0.29, 0.717) is 17.6 Å². The van der Waals surface area contributed by atoms with Crippen molar-refractivity contribution in [1.82, 2.24) is 0 Å². The molecule has 0 radical (unpaired) electrons. The molecular weight excluding hydrogens is 564 g/mol. The topological polar surface area (TPSA) is 72.8 Å². The summed E-state index contributed by atoms with van der Waals surface area (Å²) in [7, 11) is -2.17. The Morgan fingerprint density at radius 3 is 1.61 bits per heavy atom. The minimum atomic E-state index is -2.17. The first kappa shape index (κ1) is 34.7.